The number of halogens is 3. The first kappa shape index (κ1) is 17.7. The van der Waals surface area contributed by atoms with Crippen molar-refractivity contribution in [3.05, 3.63) is 34.4 Å². The average Bonchev–Trinajstić information content (AvgIpc) is 2.85. The van der Waals surface area contributed by atoms with Crippen LogP contribution >= 0.6 is 0 Å². The van der Waals surface area contributed by atoms with Crippen LogP contribution in [-0.4, -0.2) is 41.3 Å². The molecule has 0 spiro atoms. The molecule has 1 fully saturated rings. The monoisotopic (exact) mass is 321 g/mol. The van der Waals surface area contributed by atoms with E-state index in [2.05, 4.69) is 4.90 Å². The van der Waals surface area contributed by atoms with Gasteiger partial charge in [0.1, 0.15) is 0 Å². The van der Waals surface area contributed by atoms with Gasteiger partial charge >= 0.3 is 12.1 Å². The third-order valence-electron chi connectivity index (χ3n) is 2.89. The lowest BCUT2D eigenvalue weighted by Gasteiger charge is -2.17. The molecule has 22 heavy (non-hydrogen) atoms. The van der Waals surface area contributed by atoms with Gasteiger partial charge in [-0.15, -0.1) is 0 Å². The molecule has 0 bridgehead atoms. The van der Waals surface area contributed by atoms with Crippen molar-refractivity contribution in [1.29, 1.82) is 0 Å². The summed E-state index contributed by atoms with van der Waals surface area (Å²) in [5, 5.41) is 17.6. The van der Waals surface area contributed by atoms with Crippen LogP contribution in [0.3, 0.4) is 0 Å². The molecule has 0 unspecified atom stereocenters. The lowest BCUT2D eigenvalue weighted by Crippen LogP contribution is -2.26. The number of carboxylic acid groups (broad SMARTS) is 1. The molecular formula is C12H14F3N3O4. The first-order chi connectivity index (χ1) is 10.1. The molecule has 3 N–H and O–H groups in total. The second-order valence-corrected chi connectivity index (χ2v) is 4.57. The zero-order valence-electron chi connectivity index (χ0n) is 11.3. The van der Waals surface area contributed by atoms with Gasteiger partial charge in [-0.05, 0) is 18.6 Å². The number of anilines is 1. The summed E-state index contributed by atoms with van der Waals surface area (Å²) in [5.41, 5.74) is 6.93. The summed E-state index contributed by atoms with van der Waals surface area (Å²) in [6, 6.07) is 6.82. The topological polar surface area (TPSA) is 110 Å². The number of benzene rings is 1. The molecule has 1 aromatic carbocycles. The summed E-state index contributed by atoms with van der Waals surface area (Å²) in [7, 11) is 0. The van der Waals surface area contributed by atoms with E-state index in [9.17, 15) is 23.3 Å². The van der Waals surface area contributed by atoms with Gasteiger partial charge in [0.2, 0.25) is 0 Å². The van der Waals surface area contributed by atoms with Crippen LogP contribution in [0.1, 0.15) is 6.42 Å². The van der Waals surface area contributed by atoms with Crippen molar-refractivity contribution < 1.29 is 28.0 Å². The Morgan fingerprint density at radius 1 is 1.36 bits per heavy atom. The summed E-state index contributed by atoms with van der Waals surface area (Å²) >= 11 is 0. The Morgan fingerprint density at radius 2 is 1.86 bits per heavy atom. The van der Waals surface area contributed by atoms with E-state index >= 15 is 0 Å². The Balaban J connectivity index is 0.000000295. The van der Waals surface area contributed by atoms with Crippen molar-refractivity contribution in [3.8, 4) is 0 Å². The Labute approximate surface area is 123 Å². The van der Waals surface area contributed by atoms with E-state index in [-0.39, 0.29) is 16.7 Å². The molecule has 122 valence electrons. The van der Waals surface area contributed by atoms with Crippen molar-refractivity contribution in [3.63, 3.8) is 0 Å². The van der Waals surface area contributed by atoms with Crippen LogP contribution in [0, 0.1) is 10.1 Å². The Hall–Kier alpha value is -2.36. The molecule has 0 aromatic heterocycles. The van der Waals surface area contributed by atoms with Gasteiger partial charge < -0.3 is 15.7 Å². The zero-order chi connectivity index (χ0) is 16.9. The van der Waals surface area contributed by atoms with Gasteiger partial charge in [-0.25, -0.2) is 4.79 Å². The van der Waals surface area contributed by atoms with E-state index in [4.69, 9.17) is 15.6 Å². The number of hydrogen-bond donors (Lipinski definition) is 2. The molecule has 1 saturated heterocycles. The van der Waals surface area contributed by atoms with Crippen molar-refractivity contribution in [2.24, 2.45) is 5.73 Å². The molecule has 1 aliphatic rings. The molecule has 1 atom stereocenters. The number of rotatable bonds is 2. The maximum Gasteiger partial charge on any atom is 0.490 e. The number of nitro benzene ring substituents is 1. The number of nitrogens with zero attached hydrogens (tertiary/aromatic N) is 2. The number of non-ortho nitro benzene ring substituents is 1. The van der Waals surface area contributed by atoms with E-state index < -0.39 is 12.1 Å². The highest BCUT2D eigenvalue weighted by molar-refractivity contribution is 5.73. The minimum atomic E-state index is -5.08. The first-order valence-electron chi connectivity index (χ1n) is 6.16. The largest absolute Gasteiger partial charge is 0.490 e. The zero-order valence-corrected chi connectivity index (χ0v) is 11.3. The summed E-state index contributed by atoms with van der Waals surface area (Å²) in [6.45, 7) is 1.76. The van der Waals surface area contributed by atoms with E-state index in [0.29, 0.717) is 0 Å². The second kappa shape index (κ2) is 7.07. The molecule has 10 heteroatoms. The summed E-state index contributed by atoms with van der Waals surface area (Å²) in [6.07, 6.45) is -4.10. The number of aliphatic carboxylic acids is 1. The van der Waals surface area contributed by atoms with Crippen LogP contribution in [0.25, 0.3) is 0 Å². The number of hydrogen-bond acceptors (Lipinski definition) is 5. The molecule has 0 saturated carbocycles. The molecule has 0 amide bonds. The highest BCUT2D eigenvalue weighted by Crippen LogP contribution is 2.22. The van der Waals surface area contributed by atoms with E-state index in [0.717, 1.165) is 25.2 Å². The number of nitro groups is 1. The van der Waals surface area contributed by atoms with Crippen molar-refractivity contribution in [2.45, 2.75) is 18.6 Å². The van der Waals surface area contributed by atoms with Crippen LogP contribution in [0.2, 0.25) is 0 Å². The minimum Gasteiger partial charge on any atom is -0.475 e. The SMILES string of the molecule is N[C@@H]1CCN(c2ccc([N+](=O)[O-])cc2)C1.O=C(O)C(F)(F)F. The smallest absolute Gasteiger partial charge is 0.475 e. The third-order valence-corrected chi connectivity index (χ3v) is 2.89. The average molecular weight is 321 g/mol. The van der Waals surface area contributed by atoms with Crippen molar-refractivity contribution >= 4 is 17.3 Å². The van der Waals surface area contributed by atoms with Crippen LogP contribution in [0.4, 0.5) is 24.5 Å². The summed E-state index contributed by atoms with van der Waals surface area (Å²) < 4.78 is 31.7. The van der Waals surface area contributed by atoms with Crippen LogP contribution in [0.15, 0.2) is 24.3 Å². The van der Waals surface area contributed by atoms with Crippen molar-refractivity contribution in [2.75, 3.05) is 18.0 Å². The van der Waals surface area contributed by atoms with Gasteiger partial charge in [-0.3, -0.25) is 10.1 Å². The third kappa shape index (κ3) is 5.20. The lowest BCUT2D eigenvalue weighted by molar-refractivity contribution is -0.384. The summed E-state index contributed by atoms with van der Waals surface area (Å²) in [4.78, 5) is 21.1. The highest BCUT2D eigenvalue weighted by atomic mass is 19.4. The standard InChI is InChI=1S/C10H13N3O2.C2HF3O2/c11-8-5-6-12(7-8)9-1-3-10(4-2-9)13(14)15;3-2(4,5)1(6)7/h1-4,8H,5-7,11H2;(H,6,7)/t8-;/m1./s1. The fourth-order valence-electron chi connectivity index (χ4n) is 1.81. The Morgan fingerprint density at radius 3 is 2.18 bits per heavy atom. The molecule has 1 aliphatic heterocycles. The van der Waals surface area contributed by atoms with Gasteiger partial charge in [-0.2, -0.15) is 13.2 Å². The molecule has 1 aromatic rings. The number of alkyl halides is 3. The maximum absolute atomic E-state index is 10.6. The summed E-state index contributed by atoms with van der Waals surface area (Å²) in [5.74, 6) is -2.76. The predicted octanol–water partition coefficient (Wildman–Crippen LogP) is 1.77. The fraction of sp³-hybridized carbons (Fsp3) is 0.417. The predicted molar refractivity (Wildman–Crippen MR) is 71.6 cm³/mol. The van der Waals surface area contributed by atoms with Gasteiger partial charge in [-0.1, -0.05) is 0 Å². The molecule has 7 nitrogen and oxygen atoms in total. The van der Waals surface area contributed by atoms with E-state index in [1.165, 1.54) is 12.1 Å². The van der Waals surface area contributed by atoms with Gasteiger partial charge in [0, 0.05) is 37.0 Å². The van der Waals surface area contributed by atoms with E-state index in [1.807, 2.05) is 0 Å². The molecular weight excluding hydrogens is 307 g/mol. The number of nitrogens with two attached hydrogens (primary N) is 1. The van der Waals surface area contributed by atoms with Crippen molar-refractivity contribution in [1.82, 2.24) is 0 Å². The number of carbonyl (C=O) groups is 1. The molecule has 2 rings (SSSR count). The Bertz CT molecular complexity index is 533. The Kier molecular flexibility index (Phi) is 5.69. The first-order valence-corrected chi connectivity index (χ1v) is 6.16. The second-order valence-electron chi connectivity index (χ2n) is 4.57. The van der Waals surface area contributed by atoms with Gasteiger partial charge in [0.05, 0.1) is 4.92 Å². The molecule has 1 heterocycles. The van der Waals surface area contributed by atoms with Gasteiger partial charge in [0.25, 0.3) is 5.69 Å². The molecule has 0 aliphatic carbocycles. The van der Waals surface area contributed by atoms with Crippen LogP contribution in [-0.2, 0) is 4.79 Å². The van der Waals surface area contributed by atoms with Crippen LogP contribution in [0.5, 0.6) is 0 Å². The normalized spacial score (nSPS) is 17.6. The highest BCUT2D eigenvalue weighted by Gasteiger charge is 2.38. The number of carboxylic acids is 1. The maximum atomic E-state index is 10.6. The minimum absolute atomic E-state index is 0.127. The fourth-order valence-corrected chi connectivity index (χ4v) is 1.81. The molecule has 0 radical (unpaired) electrons. The quantitative estimate of drug-likeness (QED) is 0.634. The van der Waals surface area contributed by atoms with E-state index in [1.54, 1.807) is 12.1 Å². The van der Waals surface area contributed by atoms with Crippen LogP contribution < -0.4 is 10.6 Å². The van der Waals surface area contributed by atoms with Gasteiger partial charge in [0.15, 0.2) is 0 Å². The lowest BCUT2D eigenvalue weighted by atomic mass is 10.2.